The molecule has 0 radical (unpaired) electrons. The lowest BCUT2D eigenvalue weighted by atomic mass is 10.1. The van der Waals surface area contributed by atoms with Crippen molar-refractivity contribution in [2.45, 2.75) is 167 Å². The van der Waals surface area contributed by atoms with E-state index in [1.54, 1.807) is 0 Å². The molecule has 11 nitrogen and oxygen atoms in total. The van der Waals surface area contributed by atoms with Gasteiger partial charge in [0, 0.05) is 12.8 Å². The van der Waals surface area contributed by atoms with Crippen LogP contribution in [0.25, 0.3) is 0 Å². The largest absolute Gasteiger partial charge is 0.480 e. The number of carbonyl (C=O) groups is 3. The number of hydrogen-bond donors (Lipinski definition) is 3. The molecule has 0 amide bonds. The highest BCUT2D eigenvalue weighted by Crippen LogP contribution is 2.43. The van der Waals surface area contributed by atoms with Crippen LogP contribution in [0.3, 0.4) is 0 Å². The van der Waals surface area contributed by atoms with Gasteiger partial charge in [-0.15, -0.1) is 0 Å². The van der Waals surface area contributed by atoms with Crippen molar-refractivity contribution in [3.8, 4) is 0 Å². The Bertz CT molecular complexity index is 1380. The summed E-state index contributed by atoms with van der Waals surface area (Å²) in [4.78, 5) is 46.0. The first-order valence-corrected chi connectivity index (χ1v) is 23.8. The van der Waals surface area contributed by atoms with Crippen LogP contribution in [0.15, 0.2) is 97.2 Å². The summed E-state index contributed by atoms with van der Waals surface area (Å²) in [6, 6.07) is -1.54. The molecule has 340 valence electrons. The molecule has 3 atom stereocenters. The zero-order valence-electron chi connectivity index (χ0n) is 36.8. The third kappa shape index (κ3) is 41.1. The summed E-state index contributed by atoms with van der Waals surface area (Å²) >= 11 is 0. The standard InChI is InChI=1S/C48H78NO10P/c1-3-5-7-9-11-13-15-17-19-20-21-22-23-24-26-28-30-32-34-36-38-40-47(51)59-44(42-57-60(54,55)58-43-45(49)48(52)53)41-56-46(50)39-37-35-33-31-29-27-25-18-16-14-12-10-8-6-4-2/h6,8,10,12,14,16,18-20,22-23,25-26,28,32,34,44-45H,3-5,7,9,11,13,15,17,21,24,27,29-31,33,35-43,49H2,1-2H3,(H,52,53)(H,54,55)/b8-6+,12-10+,16-14+,20-19+,23-22+,25-18+,28-26+,34-32+/t44-,45-/m0/s1. The second kappa shape index (κ2) is 42.1. The van der Waals surface area contributed by atoms with E-state index in [1.807, 2.05) is 48.6 Å². The maximum atomic E-state index is 12.6. The summed E-state index contributed by atoms with van der Waals surface area (Å²) in [5.74, 6) is -2.50. The van der Waals surface area contributed by atoms with Crippen molar-refractivity contribution in [3.05, 3.63) is 97.2 Å². The van der Waals surface area contributed by atoms with Crippen molar-refractivity contribution < 1.29 is 47.5 Å². The number of hydrogen-bond acceptors (Lipinski definition) is 9. The van der Waals surface area contributed by atoms with Gasteiger partial charge in [0.15, 0.2) is 6.10 Å². The molecule has 0 fully saturated rings. The van der Waals surface area contributed by atoms with Crippen LogP contribution < -0.4 is 5.73 Å². The Kier molecular flexibility index (Phi) is 39.6. The summed E-state index contributed by atoms with van der Waals surface area (Å²) in [6.45, 7) is 2.56. The SMILES string of the molecule is CC/C=C/C=C/C=C/C=C/CCCCCCCC(=O)OC[C@@H](COP(=O)(O)OC[C@H](N)C(=O)O)OC(=O)CCC/C=C/C/C=C/C/C=C/C/C=C/CCCCCCCCC. The van der Waals surface area contributed by atoms with Gasteiger partial charge >= 0.3 is 25.7 Å². The minimum atomic E-state index is -4.74. The number of unbranched alkanes of at least 4 members (excludes halogenated alkanes) is 13. The van der Waals surface area contributed by atoms with E-state index >= 15 is 0 Å². The molecule has 60 heavy (non-hydrogen) atoms. The molecule has 0 aromatic heterocycles. The first kappa shape index (κ1) is 56.4. The molecule has 0 aliphatic carbocycles. The maximum absolute atomic E-state index is 12.6. The van der Waals surface area contributed by atoms with E-state index in [0.29, 0.717) is 19.3 Å². The van der Waals surface area contributed by atoms with Gasteiger partial charge in [0.2, 0.25) is 0 Å². The summed E-state index contributed by atoms with van der Waals surface area (Å²) in [5, 5.41) is 8.89. The zero-order valence-corrected chi connectivity index (χ0v) is 37.6. The summed E-state index contributed by atoms with van der Waals surface area (Å²) in [5.41, 5.74) is 5.33. The predicted octanol–water partition coefficient (Wildman–Crippen LogP) is 12.1. The molecule has 0 aliphatic rings. The number of carbonyl (C=O) groups excluding carboxylic acids is 2. The van der Waals surface area contributed by atoms with E-state index in [0.717, 1.165) is 64.2 Å². The van der Waals surface area contributed by atoms with Crippen LogP contribution in [0.4, 0.5) is 0 Å². The zero-order chi connectivity index (χ0) is 44.2. The number of phosphoric acid groups is 1. The predicted molar refractivity (Wildman–Crippen MR) is 244 cm³/mol. The smallest absolute Gasteiger partial charge is 0.472 e. The average Bonchev–Trinajstić information content (AvgIpc) is 3.22. The minimum Gasteiger partial charge on any atom is -0.480 e. The summed E-state index contributed by atoms with van der Waals surface area (Å²) in [7, 11) is -4.74. The molecular formula is C48H78NO10P. The molecular weight excluding hydrogens is 781 g/mol. The number of rotatable bonds is 40. The van der Waals surface area contributed by atoms with E-state index in [2.05, 4.69) is 67.0 Å². The van der Waals surface area contributed by atoms with Crippen LogP contribution >= 0.6 is 7.82 Å². The highest BCUT2D eigenvalue weighted by molar-refractivity contribution is 7.47. The van der Waals surface area contributed by atoms with Gasteiger partial charge in [0.05, 0.1) is 13.2 Å². The molecule has 4 N–H and O–H groups in total. The van der Waals surface area contributed by atoms with Gasteiger partial charge in [-0.25, -0.2) is 4.57 Å². The van der Waals surface area contributed by atoms with Gasteiger partial charge in [-0.3, -0.25) is 23.4 Å². The number of carboxylic acids is 1. The number of ether oxygens (including phenoxy) is 2. The Morgan fingerprint density at radius 3 is 1.60 bits per heavy atom. The van der Waals surface area contributed by atoms with Crippen molar-refractivity contribution >= 4 is 25.7 Å². The number of nitrogens with two attached hydrogens (primary N) is 1. The second-order valence-electron chi connectivity index (χ2n) is 14.5. The van der Waals surface area contributed by atoms with Crippen molar-refractivity contribution in [2.24, 2.45) is 5.73 Å². The highest BCUT2D eigenvalue weighted by Gasteiger charge is 2.28. The molecule has 0 aromatic carbocycles. The van der Waals surface area contributed by atoms with Crippen LogP contribution in [0.5, 0.6) is 0 Å². The molecule has 0 rings (SSSR count). The number of carboxylic acid groups (broad SMARTS) is 1. The Hall–Kier alpha value is -3.60. The van der Waals surface area contributed by atoms with E-state index < -0.39 is 51.1 Å². The van der Waals surface area contributed by atoms with E-state index in [9.17, 15) is 23.8 Å². The van der Waals surface area contributed by atoms with Crippen LogP contribution in [0, 0.1) is 0 Å². The molecule has 0 aliphatic heterocycles. The van der Waals surface area contributed by atoms with Crippen LogP contribution in [0.2, 0.25) is 0 Å². The number of phosphoric ester groups is 1. The van der Waals surface area contributed by atoms with Gasteiger partial charge in [0.25, 0.3) is 0 Å². The normalized spacial score (nSPS) is 14.6. The Balaban J connectivity index is 4.50. The fourth-order valence-electron chi connectivity index (χ4n) is 5.42. The quantitative estimate of drug-likeness (QED) is 0.0176. The molecule has 1 unspecified atom stereocenters. The molecule has 0 aromatic rings. The van der Waals surface area contributed by atoms with Crippen LogP contribution in [0.1, 0.15) is 155 Å². The van der Waals surface area contributed by atoms with Crippen LogP contribution in [-0.2, 0) is 37.5 Å². The Morgan fingerprint density at radius 1 is 0.550 bits per heavy atom. The fourth-order valence-corrected chi connectivity index (χ4v) is 6.20. The van der Waals surface area contributed by atoms with Crippen molar-refractivity contribution in [3.63, 3.8) is 0 Å². The van der Waals surface area contributed by atoms with Gasteiger partial charge in [-0.05, 0) is 70.6 Å². The topological polar surface area (TPSA) is 172 Å². The number of esters is 2. The third-order valence-corrected chi connectivity index (χ3v) is 9.86. The van der Waals surface area contributed by atoms with E-state index in [1.165, 1.54) is 44.9 Å². The maximum Gasteiger partial charge on any atom is 0.472 e. The molecule has 0 spiro atoms. The molecule has 0 saturated heterocycles. The highest BCUT2D eigenvalue weighted by atomic mass is 31.2. The Labute approximate surface area is 362 Å². The summed E-state index contributed by atoms with van der Waals surface area (Å²) in [6.07, 6.45) is 53.4. The monoisotopic (exact) mass is 860 g/mol. The summed E-state index contributed by atoms with van der Waals surface area (Å²) < 4.78 is 32.6. The first-order valence-electron chi connectivity index (χ1n) is 22.3. The van der Waals surface area contributed by atoms with Crippen molar-refractivity contribution in [1.82, 2.24) is 0 Å². The molecule has 12 heteroatoms. The lowest BCUT2D eigenvalue weighted by Crippen LogP contribution is -2.34. The molecule has 0 bridgehead atoms. The van der Waals surface area contributed by atoms with Crippen molar-refractivity contribution in [1.29, 1.82) is 0 Å². The van der Waals surface area contributed by atoms with Gasteiger partial charge in [-0.2, -0.15) is 0 Å². The number of aliphatic carboxylic acids is 1. The number of allylic oxidation sites excluding steroid dienone is 16. The third-order valence-electron chi connectivity index (χ3n) is 8.91. The van der Waals surface area contributed by atoms with Crippen LogP contribution in [-0.4, -0.2) is 59.9 Å². The van der Waals surface area contributed by atoms with E-state index in [-0.39, 0.29) is 19.4 Å². The first-order chi connectivity index (χ1) is 29.1. The van der Waals surface area contributed by atoms with E-state index in [4.69, 9.17) is 24.8 Å². The average molecular weight is 860 g/mol. The molecule has 0 saturated carbocycles. The van der Waals surface area contributed by atoms with Crippen molar-refractivity contribution in [2.75, 3.05) is 19.8 Å². The van der Waals surface area contributed by atoms with Gasteiger partial charge in [0.1, 0.15) is 12.6 Å². The lowest BCUT2D eigenvalue weighted by molar-refractivity contribution is -0.161. The fraction of sp³-hybridized carbons (Fsp3) is 0.604. The Morgan fingerprint density at radius 2 is 1.02 bits per heavy atom. The second-order valence-corrected chi connectivity index (χ2v) is 16.0. The molecule has 0 heterocycles. The van der Waals surface area contributed by atoms with Gasteiger partial charge in [-0.1, -0.05) is 169 Å². The minimum absolute atomic E-state index is 0.0739. The lowest BCUT2D eigenvalue weighted by Gasteiger charge is -2.20. The van der Waals surface area contributed by atoms with Gasteiger partial charge < -0.3 is 25.2 Å².